The Kier molecular flexibility index (Phi) is 4.24. The summed E-state index contributed by atoms with van der Waals surface area (Å²) in [5.41, 5.74) is 3.14. The molecule has 2 unspecified atom stereocenters. The highest BCUT2D eigenvalue weighted by Crippen LogP contribution is 2.43. The maximum Gasteiger partial charge on any atom is 0.256 e. The van der Waals surface area contributed by atoms with Crippen molar-refractivity contribution in [3.05, 3.63) is 41.1 Å². The first kappa shape index (κ1) is 17.4. The molecule has 1 aromatic heterocycles. The van der Waals surface area contributed by atoms with Crippen molar-refractivity contribution in [2.24, 2.45) is 0 Å². The average molecular weight is 354 g/mol. The lowest BCUT2D eigenvalue weighted by Gasteiger charge is -2.42. The molecular formula is C21H26N2O3. The van der Waals surface area contributed by atoms with Crippen molar-refractivity contribution in [3.63, 3.8) is 0 Å². The number of para-hydroxylation sites is 1. The minimum Gasteiger partial charge on any atom is -0.393 e. The fourth-order valence-electron chi connectivity index (χ4n) is 4.73. The van der Waals surface area contributed by atoms with Gasteiger partial charge in [0.1, 0.15) is 0 Å². The number of aliphatic hydroxyl groups excluding tert-OH is 1. The molecule has 1 N–H and O–H groups in total. The summed E-state index contributed by atoms with van der Waals surface area (Å²) >= 11 is 0. The molecular weight excluding hydrogens is 328 g/mol. The fourth-order valence-corrected chi connectivity index (χ4v) is 4.73. The Bertz CT molecular complexity index is 866. The van der Waals surface area contributed by atoms with Crippen LogP contribution in [0.4, 0.5) is 0 Å². The van der Waals surface area contributed by atoms with E-state index in [9.17, 15) is 9.90 Å². The molecule has 5 heteroatoms. The fraction of sp³-hybridized carbons (Fsp3) is 0.524. The number of amides is 1. The van der Waals surface area contributed by atoms with Crippen LogP contribution in [-0.4, -0.2) is 52.3 Å². The van der Waals surface area contributed by atoms with E-state index in [2.05, 4.69) is 0 Å². The molecule has 5 nitrogen and oxygen atoms in total. The zero-order valence-corrected chi connectivity index (χ0v) is 15.7. The average Bonchev–Trinajstić information content (AvgIpc) is 3.01. The van der Waals surface area contributed by atoms with E-state index in [4.69, 9.17) is 9.72 Å². The predicted molar refractivity (Wildman–Crippen MR) is 100 cm³/mol. The van der Waals surface area contributed by atoms with Crippen LogP contribution in [0.15, 0.2) is 24.3 Å². The first-order valence-corrected chi connectivity index (χ1v) is 9.36. The minimum atomic E-state index is -0.366. The van der Waals surface area contributed by atoms with Crippen LogP contribution < -0.4 is 0 Å². The minimum absolute atomic E-state index is 0.00330. The number of pyridine rings is 1. The number of nitrogens with zero attached hydrogens (tertiary/aromatic N) is 2. The number of aliphatic hydroxyl groups is 1. The van der Waals surface area contributed by atoms with Gasteiger partial charge in [-0.1, -0.05) is 18.2 Å². The van der Waals surface area contributed by atoms with Gasteiger partial charge in [-0.25, -0.2) is 0 Å². The van der Waals surface area contributed by atoms with Crippen LogP contribution in [0.1, 0.15) is 47.3 Å². The second-order valence-electron chi connectivity index (χ2n) is 7.73. The molecule has 1 aliphatic heterocycles. The lowest BCUT2D eigenvalue weighted by Crippen LogP contribution is -2.52. The summed E-state index contributed by atoms with van der Waals surface area (Å²) in [4.78, 5) is 20.0. The molecule has 1 aromatic carbocycles. The van der Waals surface area contributed by atoms with Crippen LogP contribution in [0.2, 0.25) is 0 Å². The van der Waals surface area contributed by atoms with Crippen molar-refractivity contribution in [1.29, 1.82) is 0 Å². The number of likely N-dealkylation sites (tertiary alicyclic amines) is 1. The molecule has 138 valence electrons. The topological polar surface area (TPSA) is 62.7 Å². The monoisotopic (exact) mass is 354 g/mol. The van der Waals surface area contributed by atoms with Crippen molar-refractivity contribution in [2.75, 3.05) is 13.7 Å². The summed E-state index contributed by atoms with van der Waals surface area (Å²) in [6.45, 7) is 4.59. The van der Waals surface area contributed by atoms with Gasteiger partial charge >= 0.3 is 0 Å². The Morgan fingerprint density at radius 2 is 2.15 bits per heavy atom. The Balaban J connectivity index is 1.72. The van der Waals surface area contributed by atoms with Crippen molar-refractivity contribution in [3.8, 4) is 0 Å². The van der Waals surface area contributed by atoms with E-state index in [1.165, 1.54) is 0 Å². The third kappa shape index (κ3) is 2.61. The highest BCUT2D eigenvalue weighted by Gasteiger charge is 2.52. The number of carbonyl (C=O) groups excluding carboxylic acids is 1. The maximum absolute atomic E-state index is 13.4. The standard InChI is InChI=1S/C21H26N2O3/c1-13-5-4-6-15-11-17(14(2)22-19(13)15)20(25)23-10-9-21(26-3)8-7-16(24)12-18(21)23/h4-6,11,16,18,24H,7-10,12H2,1-3H3/t16?,18?,21-/m1/s1. The SMILES string of the molecule is CO[C@@]12CCC(O)CC1N(C(=O)c1cc3cccc(C)c3nc1C)CC2. The second kappa shape index (κ2) is 6.32. The summed E-state index contributed by atoms with van der Waals surface area (Å²) in [5.74, 6) is -0.00330. The van der Waals surface area contributed by atoms with Crippen LogP contribution in [0.3, 0.4) is 0 Å². The third-order valence-electron chi connectivity index (χ3n) is 6.29. The van der Waals surface area contributed by atoms with Gasteiger partial charge in [-0.2, -0.15) is 0 Å². The molecule has 1 saturated heterocycles. The van der Waals surface area contributed by atoms with Crippen LogP contribution in [0.5, 0.6) is 0 Å². The number of aryl methyl sites for hydroxylation is 2. The van der Waals surface area contributed by atoms with E-state index in [0.717, 1.165) is 41.4 Å². The number of methoxy groups -OCH3 is 1. The summed E-state index contributed by atoms with van der Waals surface area (Å²) in [6, 6.07) is 7.91. The summed E-state index contributed by atoms with van der Waals surface area (Å²) in [6.07, 6.45) is 2.58. The molecule has 26 heavy (non-hydrogen) atoms. The lowest BCUT2D eigenvalue weighted by molar-refractivity contribution is -0.0824. The van der Waals surface area contributed by atoms with Crippen molar-refractivity contribution in [1.82, 2.24) is 9.88 Å². The van der Waals surface area contributed by atoms with Crippen LogP contribution in [0.25, 0.3) is 10.9 Å². The molecule has 2 fully saturated rings. The zero-order valence-electron chi connectivity index (χ0n) is 15.7. The smallest absolute Gasteiger partial charge is 0.256 e. The number of carbonyl (C=O) groups is 1. The zero-order chi connectivity index (χ0) is 18.5. The van der Waals surface area contributed by atoms with Crippen molar-refractivity contribution in [2.45, 2.75) is 57.3 Å². The molecule has 0 bridgehead atoms. The van der Waals surface area contributed by atoms with Crippen molar-refractivity contribution < 1.29 is 14.6 Å². The number of benzene rings is 1. The van der Waals surface area contributed by atoms with E-state index >= 15 is 0 Å². The van der Waals surface area contributed by atoms with Gasteiger partial charge in [-0.05, 0) is 51.2 Å². The molecule has 2 aliphatic rings. The molecule has 0 spiro atoms. The Hall–Kier alpha value is -1.98. The van der Waals surface area contributed by atoms with Gasteiger partial charge in [0.15, 0.2) is 0 Å². The predicted octanol–water partition coefficient (Wildman–Crippen LogP) is 3.00. The molecule has 1 aliphatic carbocycles. The molecule has 4 rings (SSSR count). The van der Waals surface area contributed by atoms with Gasteiger partial charge in [-0.3, -0.25) is 9.78 Å². The number of fused-ring (bicyclic) bond motifs is 2. The lowest BCUT2D eigenvalue weighted by atomic mass is 9.79. The summed E-state index contributed by atoms with van der Waals surface area (Å²) < 4.78 is 5.86. The molecule has 1 saturated carbocycles. The summed E-state index contributed by atoms with van der Waals surface area (Å²) in [5, 5.41) is 11.1. The van der Waals surface area contributed by atoms with E-state index in [1.807, 2.05) is 43.0 Å². The molecule has 2 aromatic rings. The Labute approximate surface area is 154 Å². The highest BCUT2D eigenvalue weighted by atomic mass is 16.5. The van der Waals surface area contributed by atoms with E-state index in [-0.39, 0.29) is 23.7 Å². The second-order valence-corrected chi connectivity index (χ2v) is 7.73. The van der Waals surface area contributed by atoms with Crippen LogP contribution in [-0.2, 0) is 4.74 Å². The first-order chi connectivity index (χ1) is 12.4. The van der Waals surface area contributed by atoms with Gasteiger partial charge < -0.3 is 14.7 Å². The quantitative estimate of drug-likeness (QED) is 0.901. The maximum atomic E-state index is 13.4. The van der Waals surface area contributed by atoms with Gasteiger partial charge in [-0.15, -0.1) is 0 Å². The Morgan fingerprint density at radius 1 is 1.35 bits per heavy atom. The molecule has 2 heterocycles. The molecule has 1 amide bonds. The van der Waals surface area contributed by atoms with E-state index in [0.29, 0.717) is 18.5 Å². The van der Waals surface area contributed by atoms with E-state index in [1.54, 1.807) is 7.11 Å². The number of hydrogen-bond acceptors (Lipinski definition) is 4. The summed E-state index contributed by atoms with van der Waals surface area (Å²) in [7, 11) is 1.73. The molecule has 3 atom stereocenters. The normalized spacial score (nSPS) is 28.4. The Morgan fingerprint density at radius 3 is 2.92 bits per heavy atom. The third-order valence-corrected chi connectivity index (χ3v) is 6.29. The molecule has 0 radical (unpaired) electrons. The largest absolute Gasteiger partial charge is 0.393 e. The number of ether oxygens (including phenoxy) is 1. The number of rotatable bonds is 2. The number of aromatic nitrogens is 1. The number of hydrogen-bond donors (Lipinski definition) is 1. The first-order valence-electron chi connectivity index (χ1n) is 9.36. The van der Waals surface area contributed by atoms with Crippen LogP contribution in [0, 0.1) is 13.8 Å². The highest BCUT2D eigenvalue weighted by molar-refractivity contribution is 5.99. The van der Waals surface area contributed by atoms with E-state index < -0.39 is 0 Å². The van der Waals surface area contributed by atoms with Gasteiger partial charge in [0.2, 0.25) is 0 Å². The van der Waals surface area contributed by atoms with Crippen molar-refractivity contribution >= 4 is 16.8 Å². The van der Waals surface area contributed by atoms with Crippen LogP contribution >= 0.6 is 0 Å². The van der Waals surface area contributed by atoms with Gasteiger partial charge in [0.25, 0.3) is 5.91 Å². The van der Waals surface area contributed by atoms with Gasteiger partial charge in [0.05, 0.1) is 34.5 Å². The van der Waals surface area contributed by atoms with Gasteiger partial charge in [0, 0.05) is 19.0 Å².